The van der Waals surface area contributed by atoms with Crippen molar-refractivity contribution in [2.45, 2.75) is 6.92 Å². The maximum atomic E-state index is 12.3. The second-order valence-electron chi connectivity index (χ2n) is 5.36. The van der Waals surface area contributed by atoms with Crippen molar-refractivity contribution < 1.29 is 9.90 Å². The lowest BCUT2D eigenvalue weighted by Crippen LogP contribution is -2.15. The van der Waals surface area contributed by atoms with E-state index in [0.29, 0.717) is 11.3 Å². The molecule has 2 aromatic carbocycles. The highest BCUT2D eigenvalue weighted by molar-refractivity contribution is 8.04. The fourth-order valence-electron chi connectivity index (χ4n) is 2.26. The zero-order valence-electron chi connectivity index (χ0n) is 12.7. The van der Waals surface area contributed by atoms with Crippen molar-refractivity contribution in [3.8, 4) is 0 Å². The summed E-state index contributed by atoms with van der Waals surface area (Å²) in [6.07, 6.45) is 1.89. The number of carbonyl (C=O) groups excluding carboxylic acids is 1. The molecule has 0 aromatic heterocycles. The van der Waals surface area contributed by atoms with E-state index in [-0.39, 0.29) is 11.7 Å². The Balaban J connectivity index is 1.78. The van der Waals surface area contributed by atoms with Crippen LogP contribution in [-0.2, 0) is 4.79 Å². The monoisotopic (exact) mass is 323 g/mol. The average Bonchev–Trinajstić information content (AvgIpc) is 2.92. The first-order valence-electron chi connectivity index (χ1n) is 7.33. The zero-order chi connectivity index (χ0) is 16.2. The molecular weight excluding hydrogens is 306 g/mol. The molecule has 3 nitrogen and oxygen atoms in total. The number of aliphatic hydroxyl groups excluding tert-OH is 1. The van der Waals surface area contributed by atoms with Gasteiger partial charge in [0.15, 0.2) is 0 Å². The van der Waals surface area contributed by atoms with Crippen molar-refractivity contribution in [2.75, 3.05) is 11.1 Å². The van der Waals surface area contributed by atoms with Gasteiger partial charge < -0.3 is 10.4 Å². The molecule has 1 heterocycles. The number of carbonyl (C=O) groups is 1. The zero-order valence-corrected chi connectivity index (χ0v) is 13.6. The fraction of sp³-hybridized carbons (Fsp3) is 0.105. The second-order valence-corrected chi connectivity index (χ2v) is 6.37. The summed E-state index contributed by atoms with van der Waals surface area (Å²) in [5.41, 5.74) is 3.28. The number of aliphatic hydroxyl groups is 1. The minimum Gasteiger partial charge on any atom is -0.506 e. The summed E-state index contributed by atoms with van der Waals surface area (Å²) in [5.74, 6) is 0.293. The first-order valence-corrected chi connectivity index (χ1v) is 8.32. The molecule has 2 aromatic rings. The van der Waals surface area contributed by atoms with Crippen LogP contribution in [0.2, 0.25) is 0 Å². The van der Waals surface area contributed by atoms with E-state index >= 15 is 0 Å². The smallest absolute Gasteiger partial charge is 0.256 e. The van der Waals surface area contributed by atoms with Crippen molar-refractivity contribution >= 4 is 29.4 Å². The number of nitrogens with one attached hydrogen (secondary N) is 1. The number of rotatable bonds is 3. The summed E-state index contributed by atoms with van der Waals surface area (Å²) in [6, 6.07) is 17.3. The lowest BCUT2D eigenvalue weighted by Gasteiger charge is -2.06. The molecule has 1 aliphatic heterocycles. The van der Waals surface area contributed by atoms with Crippen molar-refractivity contribution in [3.63, 3.8) is 0 Å². The molecule has 0 fully saturated rings. The lowest BCUT2D eigenvalue weighted by molar-refractivity contribution is -0.112. The van der Waals surface area contributed by atoms with Crippen LogP contribution in [-0.4, -0.2) is 16.8 Å². The molecule has 0 unspecified atom stereocenters. The Kier molecular flexibility index (Phi) is 4.53. The quantitative estimate of drug-likeness (QED) is 0.872. The Morgan fingerprint density at radius 3 is 2.52 bits per heavy atom. The summed E-state index contributed by atoms with van der Waals surface area (Å²) in [7, 11) is 0. The van der Waals surface area contributed by atoms with Gasteiger partial charge in [-0.3, -0.25) is 4.79 Å². The maximum Gasteiger partial charge on any atom is 0.256 e. The summed E-state index contributed by atoms with van der Waals surface area (Å²) < 4.78 is 0. The van der Waals surface area contributed by atoms with E-state index in [4.69, 9.17) is 0 Å². The third-order valence-corrected chi connectivity index (χ3v) is 4.63. The predicted molar refractivity (Wildman–Crippen MR) is 96.3 cm³/mol. The first kappa shape index (κ1) is 15.4. The Bertz CT molecular complexity index is 777. The molecule has 4 heteroatoms. The number of aryl methyl sites for hydroxylation is 1. The van der Waals surface area contributed by atoms with Crippen LogP contribution in [0.15, 0.2) is 70.8 Å². The summed E-state index contributed by atoms with van der Waals surface area (Å²) in [4.78, 5) is 13.1. The molecule has 0 saturated carbocycles. The van der Waals surface area contributed by atoms with Crippen molar-refractivity contribution in [1.82, 2.24) is 0 Å². The highest BCUT2D eigenvalue weighted by Gasteiger charge is 2.25. The highest BCUT2D eigenvalue weighted by atomic mass is 32.2. The molecule has 0 atom stereocenters. The third kappa shape index (κ3) is 3.66. The Labute approximate surface area is 139 Å². The molecule has 23 heavy (non-hydrogen) atoms. The summed E-state index contributed by atoms with van der Waals surface area (Å²) in [5, 5.41) is 13.2. The highest BCUT2D eigenvalue weighted by Crippen LogP contribution is 2.36. The van der Waals surface area contributed by atoms with Crippen molar-refractivity contribution in [3.05, 3.63) is 82.0 Å². The standard InChI is InChI=1S/C19H17NO2S/c1-13-7-9-15(10-8-13)20-19(22)16-12-23-17(18(16)21)11-14-5-3-2-4-6-14/h2-11,21H,12H2,1H3,(H,20,22)/b17-11-. The molecule has 0 aliphatic carbocycles. The maximum absolute atomic E-state index is 12.3. The van der Waals surface area contributed by atoms with Crippen LogP contribution in [0.4, 0.5) is 5.69 Å². The molecule has 116 valence electrons. The predicted octanol–water partition coefficient (Wildman–Crippen LogP) is 4.53. The van der Waals surface area contributed by atoms with Gasteiger partial charge >= 0.3 is 0 Å². The molecule has 2 N–H and O–H groups in total. The van der Waals surface area contributed by atoms with Gasteiger partial charge in [0.2, 0.25) is 0 Å². The topological polar surface area (TPSA) is 49.3 Å². The van der Waals surface area contributed by atoms with Gasteiger partial charge in [-0.05, 0) is 30.7 Å². The van der Waals surface area contributed by atoms with Gasteiger partial charge in [0.1, 0.15) is 5.76 Å². The van der Waals surface area contributed by atoms with E-state index in [9.17, 15) is 9.90 Å². The number of benzene rings is 2. The molecule has 0 spiro atoms. The van der Waals surface area contributed by atoms with Crippen LogP contribution in [0.5, 0.6) is 0 Å². The molecule has 1 aliphatic rings. The fourth-order valence-corrected chi connectivity index (χ4v) is 3.31. The average molecular weight is 323 g/mol. The molecular formula is C19H17NO2S. The van der Waals surface area contributed by atoms with Crippen LogP contribution in [0.25, 0.3) is 6.08 Å². The van der Waals surface area contributed by atoms with Crippen molar-refractivity contribution in [1.29, 1.82) is 0 Å². The molecule has 3 rings (SSSR count). The van der Waals surface area contributed by atoms with Crippen molar-refractivity contribution in [2.24, 2.45) is 0 Å². The van der Waals surface area contributed by atoms with Gasteiger partial charge in [-0.1, -0.05) is 48.0 Å². The van der Waals surface area contributed by atoms with E-state index in [2.05, 4.69) is 5.32 Å². The van der Waals surface area contributed by atoms with Crippen LogP contribution < -0.4 is 5.32 Å². The van der Waals surface area contributed by atoms with E-state index in [1.165, 1.54) is 11.8 Å². The van der Waals surface area contributed by atoms with Crippen LogP contribution >= 0.6 is 11.8 Å². The van der Waals surface area contributed by atoms with Gasteiger partial charge in [0.25, 0.3) is 5.91 Å². The summed E-state index contributed by atoms with van der Waals surface area (Å²) >= 11 is 1.47. The Hall–Kier alpha value is -2.46. The molecule has 0 bridgehead atoms. The largest absolute Gasteiger partial charge is 0.506 e. The normalized spacial score (nSPS) is 16.0. The lowest BCUT2D eigenvalue weighted by atomic mass is 10.1. The number of amides is 1. The number of hydrogen-bond donors (Lipinski definition) is 2. The van der Waals surface area contributed by atoms with Crippen LogP contribution in [0.3, 0.4) is 0 Å². The Morgan fingerprint density at radius 2 is 1.83 bits per heavy atom. The molecule has 0 radical (unpaired) electrons. The van der Waals surface area contributed by atoms with Gasteiger partial charge in [-0.15, -0.1) is 11.8 Å². The minimum absolute atomic E-state index is 0.0727. The van der Waals surface area contributed by atoms with Crippen LogP contribution in [0.1, 0.15) is 11.1 Å². The molecule has 0 saturated heterocycles. The second kappa shape index (κ2) is 6.75. The van der Waals surface area contributed by atoms with Gasteiger partial charge in [-0.25, -0.2) is 0 Å². The number of hydrogen-bond acceptors (Lipinski definition) is 3. The first-order chi connectivity index (χ1) is 11.1. The van der Waals surface area contributed by atoms with Gasteiger partial charge in [-0.2, -0.15) is 0 Å². The van der Waals surface area contributed by atoms with E-state index in [1.54, 1.807) is 0 Å². The Morgan fingerprint density at radius 1 is 1.13 bits per heavy atom. The third-order valence-electron chi connectivity index (χ3n) is 3.57. The van der Waals surface area contributed by atoms with E-state index in [0.717, 1.165) is 21.7 Å². The SMILES string of the molecule is Cc1ccc(NC(=O)C2=C(O)/C(=C/c3ccccc3)SC2)cc1. The molecule has 1 amide bonds. The summed E-state index contributed by atoms with van der Waals surface area (Å²) in [6.45, 7) is 1.99. The van der Waals surface area contributed by atoms with Crippen LogP contribution in [0, 0.1) is 6.92 Å². The van der Waals surface area contributed by atoms with Gasteiger partial charge in [0.05, 0.1) is 10.5 Å². The van der Waals surface area contributed by atoms with E-state index < -0.39 is 0 Å². The van der Waals surface area contributed by atoms with Gasteiger partial charge in [0, 0.05) is 11.4 Å². The number of anilines is 1. The van der Waals surface area contributed by atoms with E-state index in [1.807, 2.05) is 67.6 Å². The minimum atomic E-state index is -0.254. The number of thioether (sulfide) groups is 1.